The Morgan fingerprint density at radius 2 is 1.23 bits per heavy atom. The van der Waals surface area contributed by atoms with Gasteiger partial charge in [-0.15, -0.1) is 0 Å². The minimum absolute atomic E-state index is 0.753. The number of unbranched alkanes of at least 4 members (excludes halogenated alkanes) is 14. The van der Waals surface area contributed by atoms with Crippen LogP contribution < -0.4 is 14.8 Å². The summed E-state index contributed by atoms with van der Waals surface area (Å²) in [5, 5.41) is 3.59. The van der Waals surface area contributed by atoms with Gasteiger partial charge in [0.15, 0.2) is 11.5 Å². The van der Waals surface area contributed by atoms with Gasteiger partial charge in [0.1, 0.15) is 0 Å². The molecule has 0 fully saturated rings. The molecule has 1 aromatic rings. The van der Waals surface area contributed by atoms with Crippen LogP contribution in [-0.2, 0) is 6.54 Å². The summed E-state index contributed by atoms with van der Waals surface area (Å²) in [4.78, 5) is 0. The molecule has 31 heavy (non-hydrogen) atoms. The Bertz CT molecular complexity index is 518. The van der Waals surface area contributed by atoms with Gasteiger partial charge in [0.2, 0.25) is 0 Å². The van der Waals surface area contributed by atoms with E-state index in [9.17, 15) is 0 Å². The number of rotatable bonds is 22. The maximum atomic E-state index is 6.01. The summed E-state index contributed by atoms with van der Waals surface area (Å²) >= 11 is 0. The van der Waals surface area contributed by atoms with Gasteiger partial charge in [0.25, 0.3) is 0 Å². The van der Waals surface area contributed by atoms with Crippen molar-refractivity contribution in [3.8, 4) is 11.5 Å². The topological polar surface area (TPSA) is 30.5 Å². The first-order valence-corrected chi connectivity index (χ1v) is 13.3. The summed E-state index contributed by atoms with van der Waals surface area (Å²) in [6.45, 7) is 7.15. The molecule has 1 N–H and O–H groups in total. The lowest BCUT2D eigenvalue weighted by Gasteiger charge is -2.15. The highest BCUT2D eigenvalue weighted by atomic mass is 16.5. The number of para-hydroxylation sites is 1. The van der Waals surface area contributed by atoms with E-state index in [1.807, 2.05) is 6.07 Å². The smallest absolute Gasteiger partial charge is 0.165 e. The van der Waals surface area contributed by atoms with Crippen molar-refractivity contribution >= 4 is 0 Å². The second-order valence-electron chi connectivity index (χ2n) is 8.92. The van der Waals surface area contributed by atoms with Crippen molar-refractivity contribution in [3.63, 3.8) is 0 Å². The first kappa shape index (κ1) is 27.8. The Morgan fingerprint density at radius 3 is 1.77 bits per heavy atom. The van der Waals surface area contributed by atoms with Crippen molar-refractivity contribution < 1.29 is 9.47 Å². The Kier molecular flexibility index (Phi) is 18.5. The number of ether oxygens (including phenoxy) is 2. The lowest BCUT2D eigenvalue weighted by molar-refractivity contribution is 0.284. The Balaban J connectivity index is 2.01. The van der Waals surface area contributed by atoms with Crippen LogP contribution in [0.4, 0.5) is 0 Å². The van der Waals surface area contributed by atoms with E-state index in [1.165, 1.54) is 95.5 Å². The molecule has 3 heteroatoms. The fraction of sp³-hybridized carbons (Fsp3) is 0.786. The largest absolute Gasteiger partial charge is 0.493 e. The lowest BCUT2D eigenvalue weighted by Crippen LogP contribution is -2.16. The van der Waals surface area contributed by atoms with Crippen LogP contribution in [0.3, 0.4) is 0 Å². The number of nitrogens with one attached hydrogen (secondary N) is 1. The molecule has 0 spiro atoms. The predicted molar refractivity (Wildman–Crippen MR) is 135 cm³/mol. The van der Waals surface area contributed by atoms with Crippen LogP contribution in [0.1, 0.15) is 122 Å². The molecule has 0 saturated heterocycles. The van der Waals surface area contributed by atoms with Crippen molar-refractivity contribution in [3.05, 3.63) is 23.8 Å². The Labute approximate surface area is 193 Å². The minimum atomic E-state index is 0.753. The van der Waals surface area contributed by atoms with E-state index in [1.54, 1.807) is 7.11 Å². The van der Waals surface area contributed by atoms with Crippen LogP contribution >= 0.6 is 0 Å². The van der Waals surface area contributed by atoms with Crippen LogP contribution in [0.15, 0.2) is 18.2 Å². The fourth-order valence-electron chi connectivity index (χ4n) is 4.01. The highest BCUT2D eigenvalue weighted by molar-refractivity contribution is 5.46. The molecule has 0 bridgehead atoms. The van der Waals surface area contributed by atoms with E-state index in [4.69, 9.17) is 9.47 Å². The summed E-state index contributed by atoms with van der Waals surface area (Å²) in [5.74, 6) is 1.75. The Morgan fingerprint density at radius 1 is 0.677 bits per heavy atom. The monoisotopic (exact) mass is 433 g/mol. The molecular formula is C28H51NO2. The van der Waals surface area contributed by atoms with Gasteiger partial charge >= 0.3 is 0 Å². The van der Waals surface area contributed by atoms with Crippen molar-refractivity contribution in [2.24, 2.45) is 0 Å². The molecule has 0 saturated carbocycles. The standard InChI is InChI=1S/C28H51NO2/c1-4-6-8-9-10-11-12-13-14-15-16-17-18-19-23-29-25-26-21-20-22-27(30-3)28(26)31-24-7-5-2/h20-22,29H,4-19,23-25H2,1-3H3. The molecule has 180 valence electrons. The SMILES string of the molecule is CCCCCCCCCCCCCCCCNCc1cccc(OC)c1OCCCC. The summed E-state index contributed by atoms with van der Waals surface area (Å²) in [7, 11) is 1.72. The summed E-state index contributed by atoms with van der Waals surface area (Å²) in [6.07, 6.45) is 21.9. The third kappa shape index (κ3) is 14.5. The third-order valence-corrected chi connectivity index (χ3v) is 6.05. The van der Waals surface area contributed by atoms with E-state index in [2.05, 4.69) is 31.3 Å². The number of benzene rings is 1. The quantitative estimate of drug-likeness (QED) is 0.186. The van der Waals surface area contributed by atoms with Gasteiger partial charge in [-0.25, -0.2) is 0 Å². The maximum absolute atomic E-state index is 6.01. The van der Waals surface area contributed by atoms with Crippen molar-refractivity contribution in [1.82, 2.24) is 5.32 Å². The van der Waals surface area contributed by atoms with Crippen LogP contribution in [0.25, 0.3) is 0 Å². The van der Waals surface area contributed by atoms with E-state index >= 15 is 0 Å². The molecule has 0 aromatic heterocycles. The molecule has 0 amide bonds. The second-order valence-corrected chi connectivity index (χ2v) is 8.92. The zero-order valence-electron chi connectivity index (χ0n) is 21.0. The molecule has 3 nitrogen and oxygen atoms in total. The molecule has 1 aromatic carbocycles. The number of hydrogen-bond donors (Lipinski definition) is 1. The highest BCUT2D eigenvalue weighted by Crippen LogP contribution is 2.31. The predicted octanol–water partition coefficient (Wildman–Crippen LogP) is 8.45. The van der Waals surface area contributed by atoms with E-state index < -0.39 is 0 Å². The average molecular weight is 434 g/mol. The number of hydrogen-bond acceptors (Lipinski definition) is 3. The number of methoxy groups -OCH3 is 1. The van der Waals surface area contributed by atoms with Gasteiger partial charge in [-0.2, -0.15) is 0 Å². The van der Waals surface area contributed by atoms with E-state index in [0.717, 1.165) is 44.0 Å². The molecule has 0 radical (unpaired) electrons. The van der Waals surface area contributed by atoms with Crippen LogP contribution in [0, 0.1) is 0 Å². The molecule has 0 aliphatic carbocycles. The van der Waals surface area contributed by atoms with Crippen molar-refractivity contribution in [2.45, 2.75) is 123 Å². The molecule has 1 rings (SSSR count). The third-order valence-electron chi connectivity index (χ3n) is 6.05. The van der Waals surface area contributed by atoms with Crippen molar-refractivity contribution in [2.75, 3.05) is 20.3 Å². The van der Waals surface area contributed by atoms with Gasteiger partial charge in [-0.3, -0.25) is 0 Å². The average Bonchev–Trinajstić information content (AvgIpc) is 2.79. The lowest BCUT2D eigenvalue weighted by atomic mass is 10.0. The van der Waals surface area contributed by atoms with Crippen LogP contribution in [-0.4, -0.2) is 20.3 Å². The normalized spacial score (nSPS) is 11.1. The Hall–Kier alpha value is -1.22. The van der Waals surface area contributed by atoms with E-state index in [-0.39, 0.29) is 0 Å². The summed E-state index contributed by atoms with van der Waals surface area (Å²) < 4.78 is 11.5. The van der Waals surface area contributed by atoms with Gasteiger partial charge in [0, 0.05) is 12.1 Å². The molecule has 0 aliphatic heterocycles. The molecule has 0 atom stereocenters. The van der Waals surface area contributed by atoms with Crippen LogP contribution in [0.2, 0.25) is 0 Å². The second kappa shape index (κ2) is 20.7. The fourth-order valence-corrected chi connectivity index (χ4v) is 4.01. The summed E-state index contributed by atoms with van der Waals surface area (Å²) in [5.41, 5.74) is 1.20. The molecule has 0 heterocycles. The molecule has 0 unspecified atom stereocenters. The molecule has 0 aliphatic rings. The minimum Gasteiger partial charge on any atom is -0.493 e. The van der Waals surface area contributed by atoms with Gasteiger partial charge in [0.05, 0.1) is 13.7 Å². The molecular weight excluding hydrogens is 382 g/mol. The first-order chi connectivity index (χ1) is 15.3. The summed E-state index contributed by atoms with van der Waals surface area (Å²) in [6, 6.07) is 6.18. The van der Waals surface area contributed by atoms with E-state index in [0.29, 0.717) is 0 Å². The van der Waals surface area contributed by atoms with Gasteiger partial charge in [-0.05, 0) is 25.5 Å². The zero-order chi connectivity index (χ0) is 22.4. The maximum Gasteiger partial charge on any atom is 0.165 e. The van der Waals surface area contributed by atoms with Crippen molar-refractivity contribution in [1.29, 1.82) is 0 Å². The van der Waals surface area contributed by atoms with Gasteiger partial charge in [-0.1, -0.05) is 116 Å². The van der Waals surface area contributed by atoms with Crippen LogP contribution in [0.5, 0.6) is 11.5 Å². The van der Waals surface area contributed by atoms with Gasteiger partial charge < -0.3 is 14.8 Å². The highest BCUT2D eigenvalue weighted by Gasteiger charge is 2.10. The zero-order valence-corrected chi connectivity index (χ0v) is 21.0. The first-order valence-electron chi connectivity index (χ1n) is 13.3.